The third-order valence-electron chi connectivity index (χ3n) is 4.41. The van der Waals surface area contributed by atoms with E-state index in [0.29, 0.717) is 24.0 Å². The van der Waals surface area contributed by atoms with Gasteiger partial charge in [-0.15, -0.1) is 0 Å². The Morgan fingerprint density at radius 2 is 1.95 bits per heavy atom. The van der Waals surface area contributed by atoms with E-state index in [1.54, 1.807) is 0 Å². The quantitative estimate of drug-likeness (QED) is 0.909. The Kier molecular flexibility index (Phi) is 4.31. The van der Waals surface area contributed by atoms with Crippen LogP contribution in [0.25, 0.3) is 0 Å². The fourth-order valence-electron chi connectivity index (χ4n) is 2.90. The van der Waals surface area contributed by atoms with Crippen molar-refractivity contribution in [3.05, 3.63) is 18.2 Å². The van der Waals surface area contributed by atoms with Crippen LogP contribution in [0.1, 0.15) is 58.3 Å². The summed E-state index contributed by atoms with van der Waals surface area (Å²) in [7, 11) is 0. The molecule has 1 aliphatic rings. The number of rotatable bonds is 4. The maximum absolute atomic E-state index is 6.05. The molecule has 0 radical (unpaired) electrons. The molecule has 0 aromatic carbocycles. The van der Waals surface area contributed by atoms with Crippen LogP contribution in [-0.4, -0.2) is 34.1 Å². The van der Waals surface area contributed by atoms with Crippen LogP contribution >= 0.6 is 0 Å². The standard InChI is InChI=1S/C15H28N4/c1-12(2)19-11-17-10-14(19)13(9-16)18-7-5-15(3,4)6-8-18/h10-13H,5-9,16H2,1-4H3. The van der Waals surface area contributed by atoms with Gasteiger partial charge in [0.25, 0.3) is 0 Å². The lowest BCUT2D eigenvalue weighted by Gasteiger charge is -2.41. The SMILES string of the molecule is CC(C)n1cncc1C(CN)N1CCC(C)(C)CC1. The second-order valence-corrected chi connectivity index (χ2v) is 6.77. The van der Waals surface area contributed by atoms with Gasteiger partial charge in [0.15, 0.2) is 0 Å². The highest BCUT2D eigenvalue weighted by molar-refractivity contribution is 5.08. The highest BCUT2D eigenvalue weighted by Crippen LogP contribution is 2.33. The maximum Gasteiger partial charge on any atom is 0.0951 e. The molecule has 4 heteroatoms. The van der Waals surface area contributed by atoms with Crippen LogP contribution < -0.4 is 5.73 Å². The first-order valence-electron chi connectivity index (χ1n) is 7.40. The van der Waals surface area contributed by atoms with Gasteiger partial charge >= 0.3 is 0 Å². The summed E-state index contributed by atoms with van der Waals surface area (Å²) in [5.41, 5.74) is 7.79. The Labute approximate surface area is 117 Å². The van der Waals surface area contributed by atoms with Crippen LogP contribution in [0.2, 0.25) is 0 Å². The van der Waals surface area contributed by atoms with Crippen LogP contribution in [0.4, 0.5) is 0 Å². The molecule has 0 aliphatic carbocycles. The molecule has 1 aromatic heterocycles. The normalized spacial score (nSPS) is 21.8. The Bertz CT molecular complexity index is 398. The van der Waals surface area contributed by atoms with Crippen molar-refractivity contribution in [3.8, 4) is 0 Å². The van der Waals surface area contributed by atoms with Crippen molar-refractivity contribution in [3.63, 3.8) is 0 Å². The number of hydrogen-bond acceptors (Lipinski definition) is 3. The number of nitrogens with two attached hydrogens (primary N) is 1. The number of nitrogens with zero attached hydrogens (tertiary/aromatic N) is 3. The second kappa shape index (κ2) is 5.63. The van der Waals surface area contributed by atoms with Gasteiger partial charge in [-0.2, -0.15) is 0 Å². The Balaban J connectivity index is 2.14. The van der Waals surface area contributed by atoms with Crippen molar-refractivity contribution in [2.45, 2.75) is 52.6 Å². The molecular weight excluding hydrogens is 236 g/mol. The van der Waals surface area contributed by atoms with E-state index in [1.165, 1.54) is 18.5 Å². The Morgan fingerprint density at radius 1 is 1.32 bits per heavy atom. The summed E-state index contributed by atoms with van der Waals surface area (Å²) in [6, 6.07) is 0.744. The van der Waals surface area contributed by atoms with Crippen LogP contribution in [0.3, 0.4) is 0 Å². The van der Waals surface area contributed by atoms with Crippen LogP contribution in [-0.2, 0) is 0 Å². The predicted octanol–water partition coefficient (Wildman–Crippen LogP) is 2.59. The van der Waals surface area contributed by atoms with Gasteiger partial charge < -0.3 is 10.3 Å². The summed E-state index contributed by atoms with van der Waals surface area (Å²) < 4.78 is 2.25. The molecule has 0 saturated carbocycles. The first kappa shape index (κ1) is 14.5. The molecule has 1 fully saturated rings. The van der Waals surface area contributed by atoms with Crippen molar-refractivity contribution in [1.82, 2.24) is 14.5 Å². The van der Waals surface area contributed by atoms with E-state index in [0.717, 1.165) is 13.1 Å². The van der Waals surface area contributed by atoms with Crippen molar-refractivity contribution < 1.29 is 0 Å². The van der Waals surface area contributed by atoms with Gasteiger partial charge in [0.2, 0.25) is 0 Å². The van der Waals surface area contributed by atoms with Crippen molar-refractivity contribution >= 4 is 0 Å². The molecule has 1 atom stereocenters. The molecule has 0 amide bonds. The summed E-state index contributed by atoms with van der Waals surface area (Å²) >= 11 is 0. The molecule has 0 spiro atoms. The molecule has 2 N–H and O–H groups in total. The van der Waals surface area contributed by atoms with Crippen molar-refractivity contribution in [2.75, 3.05) is 19.6 Å². The molecule has 1 aromatic rings. The molecule has 108 valence electrons. The van der Waals surface area contributed by atoms with Crippen LogP contribution in [0, 0.1) is 5.41 Å². The lowest BCUT2D eigenvalue weighted by atomic mass is 9.82. The number of piperidine rings is 1. The first-order valence-corrected chi connectivity index (χ1v) is 7.40. The maximum atomic E-state index is 6.05. The number of likely N-dealkylation sites (tertiary alicyclic amines) is 1. The molecule has 1 saturated heterocycles. The van der Waals surface area contributed by atoms with E-state index >= 15 is 0 Å². The van der Waals surface area contributed by atoms with Crippen LogP contribution in [0.15, 0.2) is 12.5 Å². The summed E-state index contributed by atoms with van der Waals surface area (Å²) in [6.45, 7) is 12.0. The van der Waals surface area contributed by atoms with Crippen molar-refractivity contribution in [1.29, 1.82) is 0 Å². The molecule has 4 nitrogen and oxygen atoms in total. The number of imidazole rings is 1. The highest BCUT2D eigenvalue weighted by atomic mass is 15.2. The van der Waals surface area contributed by atoms with E-state index in [2.05, 4.69) is 42.1 Å². The number of hydrogen-bond donors (Lipinski definition) is 1. The Morgan fingerprint density at radius 3 is 2.47 bits per heavy atom. The minimum absolute atomic E-state index is 0.306. The van der Waals surface area contributed by atoms with E-state index in [4.69, 9.17) is 5.73 Å². The summed E-state index contributed by atoms with van der Waals surface area (Å²) in [5.74, 6) is 0. The predicted molar refractivity (Wildman–Crippen MR) is 79.0 cm³/mol. The molecular formula is C15H28N4. The van der Waals surface area contributed by atoms with Gasteiger partial charge in [-0.25, -0.2) is 4.98 Å². The van der Waals surface area contributed by atoms with E-state index < -0.39 is 0 Å². The second-order valence-electron chi connectivity index (χ2n) is 6.77. The lowest BCUT2D eigenvalue weighted by Crippen LogP contribution is -2.42. The van der Waals surface area contributed by atoms with E-state index in [-0.39, 0.29) is 0 Å². The monoisotopic (exact) mass is 264 g/mol. The summed E-state index contributed by atoms with van der Waals surface area (Å²) in [5, 5.41) is 0. The molecule has 2 heterocycles. The van der Waals surface area contributed by atoms with Crippen LogP contribution in [0.5, 0.6) is 0 Å². The van der Waals surface area contributed by atoms with Gasteiger partial charge in [-0.1, -0.05) is 13.8 Å². The number of aromatic nitrogens is 2. The molecule has 1 aliphatic heterocycles. The van der Waals surface area contributed by atoms with Gasteiger partial charge in [-0.3, -0.25) is 4.90 Å². The minimum atomic E-state index is 0.306. The fraction of sp³-hybridized carbons (Fsp3) is 0.800. The van der Waals surface area contributed by atoms with Gasteiger partial charge in [0.05, 0.1) is 18.1 Å². The highest BCUT2D eigenvalue weighted by Gasteiger charge is 2.30. The average molecular weight is 264 g/mol. The lowest BCUT2D eigenvalue weighted by molar-refractivity contribution is 0.0928. The smallest absolute Gasteiger partial charge is 0.0951 e. The molecule has 19 heavy (non-hydrogen) atoms. The minimum Gasteiger partial charge on any atom is -0.331 e. The third kappa shape index (κ3) is 3.18. The largest absolute Gasteiger partial charge is 0.331 e. The molecule has 2 rings (SSSR count). The zero-order valence-corrected chi connectivity index (χ0v) is 12.8. The average Bonchev–Trinajstić information content (AvgIpc) is 2.81. The van der Waals surface area contributed by atoms with Gasteiger partial charge in [0.1, 0.15) is 0 Å². The molecule has 0 bridgehead atoms. The van der Waals surface area contributed by atoms with Gasteiger partial charge in [0, 0.05) is 18.8 Å². The van der Waals surface area contributed by atoms with Crippen molar-refractivity contribution in [2.24, 2.45) is 11.1 Å². The zero-order chi connectivity index (χ0) is 14.0. The molecule has 1 unspecified atom stereocenters. The summed E-state index contributed by atoms with van der Waals surface area (Å²) in [6.07, 6.45) is 6.41. The zero-order valence-electron chi connectivity index (χ0n) is 12.8. The summed E-state index contributed by atoms with van der Waals surface area (Å²) in [4.78, 5) is 6.85. The first-order chi connectivity index (χ1) is 8.94. The Hall–Kier alpha value is -0.870. The topological polar surface area (TPSA) is 47.1 Å². The fourth-order valence-corrected chi connectivity index (χ4v) is 2.90. The third-order valence-corrected chi connectivity index (χ3v) is 4.41. The van der Waals surface area contributed by atoms with E-state index in [9.17, 15) is 0 Å². The van der Waals surface area contributed by atoms with Gasteiger partial charge in [-0.05, 0) is 45.2 Å². The van der Waals surface area contributed by atoms with E-state index in [1.807, 2.05) is 12.5 Å².